The highest BCUT2D eigenvalue weighted by molar-refractivity contribution is 6.32. The average Bonchev–Trinajstić information content (AvgIpc) is 2.87. The first-order valence-electron chi connectivity index (χ1n) is 11.8. The van der Waals surface area contributed by atoms with Crippen molar-refractivity contribution in [1.29, 1.82) is 0 Å². The molecule has 3 aromatic rings. The smallest absolute Gasteiger partial charge is 0.141 e. The fourth-order valence-electron chi connectivity index (χ4n) is 4.73. The monoisotopic (exact) mass is 498 g/mol. The van der Waals surface area contributed by atoms with Crippen LogP contribution in [-0.2, 0) is 6.42 Å². The van der Waals surface area contributed by atoms with Crippen LogP contribution in [0.25, 0.3) is 10.9 Å². The van der Waals surface area contributed by atoms with Gasteiger partial charge in [-0.2, -0.15) is 0 Å². The maximum atomic E-state index is 13.8. The van der Waals surface area contributed by atoms with E-state index in [2.05, 4.69) is 21.7 Å². The molecule has 1 aliphatic heterocycles. The summed E-state index contributed by atoms with van der Waals surface area (Å²) < 4.78 is 32.2. The molecule has 1 N–H and O–H groups in total. The van der Waals surface area contributed by atoms with Gasteiger partial charge in [0.25, 0.3) is 0 Å². The number of piperidine rings is 1. The summed E-state index contributed by atoms with van der Waals surface area (Å²) in [5.74, 6) is 5.31. The first-order chi connectivity index (χ1) is 16.9. The second-order valence-corrected chi connectivity index (χ2v) is 9.59. The molecule has 0 bridgehead atoms. The van der Waals surface area contributed by atoms with E-state index in [1.807, 2.05) is 18.2 Å². The van der Waals surface area contributed by atoms with Gasteiger partial charge in [-0.3, -0.25) is 9.88 Å². The molecule has 0 atom stereocenters. The summed E-state index contributed by atoms with van der Waals surface area (Å²) in [7, 11) is 1.64. The molecule has 0 unspecified atom stereocenters. The Balaban J connectivity index is 1.34. The number of aryl methyl sites for hydroxylation is 1. The van der Waals surface area contributed by atoms with E-state index in [4.69, 9.17) is 16.3 Å². The maximum Gasteiger partial charge on any atom is 0.141 e. The number of nitrogens with zero attached hydrogens (tertiary/aromatic N) is 2. The van der Waals surface area contributed by atoms with Crippen LogP contribution >= 0.6 is 11.6 Å². The predicted octanol–water partition coefficient (Wildman–Crippen LogP) is 5.62. The summed E-state index contributed by atoms with van der Waals surface area (Å²) in [6.45, 7) is 2.29. The molecule has 1 saturated heterocycles. The van der Waals surface area contributed by atoms with Gasteiger partial charge in [-0.25, -0.2) is 8.78 Å². The number of aromatic nitrogens is 1. The summed E-state index contributed by atoms with van der Waals surface area (Å²) in [5.41, 5.74) is 2.02. The van der Waals surface area contributed by atoms with E-state index in [9.17, 15) is 13.9 Å². The zero-order chi connectivity index (χ0) is 24.8. The number of pyridine rings is 1. The van der Waals surface area contributed by atoms with Crippen LogP contribution in [0.4, 0.5) is 8.78 Å². The number of rotatable bonds is 7. The van der Waals surface area contributed by atoms with Crippen molar-refractivity contribution in [2.75, 3.05) is 33.4 Å². The third-order valence-corrected chi connectivity index (χ3v) is 7.30. The Morgan fingerprint density at radius 1 is 1.17 bits per heavy atom. The van der Waals surface area contributed by atoms with E-state index in [0.717, 1.165) is 73.5 Å². The largest absolute Gasteiger partial charge is 0.497 e. The average molecular weight is 499 g/mol. The van der Waals surface area contributed by atoms with Gasteiger partial charge >= 0.3 is 0 Å². The quantitative estimate of drug-likeness (QED) is 0.429. The Morgan fingerprint density at radius 2 is 1.97 bits per heavy atom. The molecule has 0 aliphatic carbocycles. The molecule has 4 nitrogen and oxygen atoms in total. The lowest BCUT2D eigenvalue weighted by atomic mass is 9.75. The molecule has 2 heterocycles. The third-order valence-electron chi connectivity index (χ3n) is 6.98. The topological polar surface area (TPSA) is 45.6 Å². The van der Waals surface area contributed by atoms with Crippen molar-refractivity contribution in [2.24, 2.45) is 5.41 Å². The Morgan fingerprint density at radius 3 is 2.69 bits per heavy atom. The lowest BCUT2D eigenvalue weighted by Crippen LogP contribution is -2.42. The van der Waals surface area contributed by atoms with Gasteiger partial charge in [0.2, 0.25) is 0 Å². The second-order valence-electron chi connectivity index (χ2n) is 9.18. The van der Waals surface area contributed by atoms with Crippen LogP contribution in [0.3, 0.4) is 0 Å². The third kappa shape index (κ3) is 6.10. The molecule has 1 fully saturated rings. The zero-order valence-electron chi connectivity index (χ0n) is 19.8. The lowest BCUT2D eigenvalue weighted by molar-refractivity contribution is 0.0401. The lowest BCUT2D eigenvalue weighted by Gasteiger charge is -2.40. The van der Waals surface area contributed by atoms with Crippen LogP contribution in [0.5, 0.6) is 5.75 Å². The van der Waals surface area contributed by atoms with Crippen LogP contribution in [-0.4, -0.2) is 48.3 Å². The SMILES string of the molecule is COc1ccc2ncc(Cl)c(CCCC3(CO)CCN(CC#Cc4ccc(F)cc4F)CC3)c2c1. The molecule has 0 spiro atoms. The van der Waals surface area contributed by atoms with Crippen LogP contribution in [0.1, 0.15) is 36.8 Å². The summed E-state index contributed by atoms with van der Waals surface area (Å²) in [6.07, 6.45) is 6.04. The predicted molar refractivity (Wildman–Crippen MR) is 135 cm³/mol. The van der Waals surface area contributed by atoms with Crippen molar-refractivity contribution >= 4 is 22.5 Å². The van der Waals surface area contributed by atoms with Gasteiger partial charge in [0.1, 0.15) is 17.4 Å². The number of hydrogen-bond donors (Lipinski definition) is 1. The molecule has 0 saturated carbocycles. The van der Waals surface area contributed by atoms with Gasteiger partial charge < -0.3 is 9.84 Å². The Bertz CT molecular complexity index is 1250. The van der Waals surface area contributed by atoms with Gasteiger partial charge in [0, 0.05) is 24.3 Å². The van der Waals surface area contributed by atoms with E-state index in [0.29, 0.717) is 11.6 Å². The Labute approximate surface area is 209 Å². The Hall–Kier alpha value is -2.72. The van der Waals surface area contributed by atoms with Crippen LogP contribution in [0.15, 0.2) is 42.6 Å². The minimum atomic E-state index is -0.643. The first-order valence-corrected chi connectivity index (χ1v) is 12.2. The normalized spacial score (nSPS) is 15.6. The van der Waals surface area contributed by atoms with Crippen molar-refractivity contribution in [3.05, 3.63) is 70.4 Å². The highest BCUT2D eigenvalue weighted by Crippen LogP contribution is 2.37. The molecule has 0 radical (unpaired) electrons. The molecular weight excluding hydrogens is 470 g/mol. The summed E-state index contributed by atoms with van der Waals surface area (Å²) in [6, 6.07) is 9.22. The highest BCUT2D eigenvalue weighted by atomic mass is 35.5. The van der Waals surface area contributed by atoms with Crippen LogP contribution < -0.4 is 4.74 Å². The molecule has 1 aliphatic rings. The van der Waals surface area contributed by atoms with Gasteiger partial charge in [-0.1, -0.05) is 23.4 Å². The van der Waals surface area contributed by atoms with Gasteiger partial charge in [0.15, 0.2) is 0 Å². The summed E-state index contributed by atoms with van der Waals surface area (Å²) in [5, 5.41) is 11.9. The minimum Gasteiger partial charge on any atom is -0.497 e. The van der Waals surface area contributed by atoms with E-state index in [1.54, 1.807) is 13.3 Å². The van der Waals surface area contributed by atoms with Gasteiger partial charge in [0.05, 0.1) is 29.8 Å². The van der Waals surface area contributed by atoms with Crippen LogP contribution in [0, 0.1) is 28.9 Å². The minimum absolute atomic E-state index is 0.125. The van der Waals surface area contributed by atoms with Crippen molar-refractivity contribution in [2.45, 2.75) is 32.1 Å². The molecular formula is C28H29ClF2N2O2. The Kier molecular flexibility index (Phi) is 8.22. The number of benzene rings is 2. The highest BCUT2D eigenvalue weighted by Gasteiger charge is 2.33. The van der Waals surface area contributed by atoms with Gasteiger partial charge in [-0.15, -0.1) is 0 Å². The number of hydrogen-bond acceptors (Lipinski definition) is 4. The van der Waals surface area contributed by atoms with Crippen molar-refractivity contribution < 1.29 is 18.6 Å². The van der Waals surface area contributed by atoms with Gasteiger partial charge in [-0.05, 0) is 86.5 Å². The number of fused-ring (bicyclic) bond motifs is 1. The number of ether oxygens (including phenoxy) is 1. The molecule has 0 amide bonds. The van der Waals surface area contributed by atoms with Crippen LogP contribution in [0.2, 0.25) is 5.02 Å². The standard InChI is InChI=1S/C28H29ClF2N2O2/c1-35-22-8-9-27-24(17-22)23(25(29)18-32-27)5-2-10-28(19-34)11-14-33(15-12-28)13-3-4-20-6-7-21(30)16-26(20)31/h6-9,16-18,34H,2,5,10-15,19H2,1H3. The second kappa shape index (κ2) is 11.3. The number of aliphatic hydroxyl groups is 1. The van der Waals surface area contributed by atoms with E-state index in [-0.39, 0.29) is 17.6 Å². The van der Waals surface area contributed by atoms with E-state index >= 15 is 0 Å². The molecule has 7 heteroatoms. The number of halogens is 3. The van der Waals surface area contributed by atoms with E-state index < -0.39 is 11.6 Å². The number of aliphatic hydroxyl groups excluding tert-OH is 1. The van der Waals surface area contributed by atoms with Crippen molar-refractivity contribution in [1.82, 2.24) is 9.88 Å². The number of likely N-dealkylation sites (tertiary alicyclic amines) is 1. The number of methoxy groups -OCH3 is 1. The summed E-state index contributed by atoms with van der Waals surface area (Å²) in [4.78, 5) is 6.63. The zero-order valence-corrected chi connectivity index (χ0v) is 20.5. The molecule has 4 rings (SSSR count). The fraction of sp³-hybridized carbons (Fsp3) is 0.393. The molecule has 184 valence electrons. The molecule has 1 aromatic heterocycles. The summed E-state index contributed by atoms with van der Waals surface area (Å²) >= 11 is 6.50. The van der Waals surface area contributed by atoms with E-state index in [1.165, 1.54) is 12.1 Å². The molecule has 35 heavy (non-hydrogen) atoms. The van der Waals surface area contributed by atoms with Crippen molar-refractivity contribution in [3.63, 3.8) is 0 Å². The maximum absolute atomic E-state index is 13.8. The first kappa shape index (κ1) is 25.4. The fourth-order valence-corrected chi connectivity index (χ4v) is 4.98. The molecule has 2 aromatic carbocycles. The van der Waals surface area contributed by atoms with Crippen molar-refractivity contribution in [3.8, 4) is 17.6 Å².